The highest BCUT2D eigenvalue weighted by Gasteiger charge is 2.13. The number of hydrogen-bond acceptors (Lipinski definition) is 5. The van der Waals surface area contributed by atoms with Crippen LogP contribution in [0.1, 0.15) is 24.8 Å². The van der Waals surface area contributed by atoms with E-state index in [9.17, 15) is 0 Å². The van der Waals surface area contributed by atoms with E-state index in [1.165, 1.54) is 6.42 Å². The maximum absolute atomic E-state index is 5.76. The lowest BCUT2D eigenvalue weighted by atomic mass is 10.2. The average molecular weight is 372 g/mol. The first-order chi connectivity index (χ1) is 13.4. The van der Waals surface area contributed by atoms with Crippen LogP contribution in [-0.2, 0) is 20.8 Å². The van der Waals surface area contributed by atoms with Crippen LogP contribution in [-0.4, -0.2) is 39.3 Å². The first kappa shape index (κ1) is 19.7. The monoisotopic (exact) mass is 372 g/mol. The second-order valence-electron chi connectivity index (χ2n) is 6.37. The van der Waals surface area contributed by atoms with Crippen molar-refractivity contribution < 1.29 is 23.7 Å². The molecule has 1 fully saturated rings. The Balaban J connectivity index is 1.23. The largest absolute Gasteiger partial charge is 0.491 e. The number of benzene rings is 2. The van der Waals surface area contributed by atoms with Crippen LogP contribution >= 0.6 is 0 Å². The summed E-state index contributed by atoms with van der Waals surface area (Å²) >= 11 is 0. The van der Waals surface area contributed by atoms with Gasteiger partial charge in [0.05, 0.1) is 19.8 Å². The summed E-state index contributed by atoms with van der Waals surface area (Å²) in [6, 6.07) is 17.7. The molecule has 1 saturated heterocycles. The number of rotatable bonds is 11. The SMILES string of the molecule is c1ccc(COc2ccc(OCCOCCOC3CCCCO3)cc2)cc1. The van der Waals surface area contributed by atoms with Crippen molar-refractivity contribution in [2.24, 2.45) is 0 Å². The molecule has 0 amide bonds. The number of ether oxygens (including phenoxy) is 5. The van der Waals surface area contributed by atoms with Crippen molar-refractivity contribution in [3.63, 3.8) is 0 Å². The van der Waals surface area contributed by atoms with Crippen LogP contribution in [0.4, 0.5) is 0 Å². The zero-order valence-corrected chi connectivity index (χ0v) is 15.7. The molecular weight excluding hydrogens is 344 g/mol. The van der Waals surface area contributed by atoms with Gasteiger partial charge in [0.25, 0.3) is 0 Å². The minimum Gasteiger partial charge on any atom is -0.491 e. The van der Waals surface area contributed by atoms with Crippen molar-refractivity contribution in [3.8, 4) is 11.5 Å². The second-order valence-corrected chi connectivity index (χ2v) is 6.37. The summed E-state index contributed by atoms with van der Waals surface area (Å²) in [6.07, 6.45) is 3.23. The molecule has 1 aliphatic heterocycles. The minimum absolute atomic E-state index is 0.0544. The van der Waals surface area contributed by atoms with Gasteiger partial charge < -0.3 is 23.7 Å². The van der Waals surface area contributed by atoms with E-state index in [0.29, 0.717) is 33.0 Å². The Labute approximate surface area is 161 Å². The molecule has 2 aromatic rings. The Morgan fingerprint density at radius 2 is 1.52 bits per heavy atom. The van der Waals surface area contributed by atoms with Crippen LogP contribution in [0, 0.1) is 0 Å². The molecule has 1 heterocycles. The van der Waals surface area contributed by atoms with E-state index in [0.717, 1.165) is 36.5 Å². The predicted molar refractivity (Wildman–Crippen MR) is 103 cm³/mol. The highest BCUT2D eigenvalue weighted by molar-refractivity contribution is 5.31. The molecule has 0 bridgehead atoms. The van der Waals surface area contributed by atoms with Gasteiger partial charge in [-0.1, -0.05) is 30.3 Å². The highest BCUT2D eigenvalue weighted by Crippen LogP contribution is 2.18. The molecule has 0 radical (unpaired) electrons. The van der Waals surface area contributed by atoms with Crippen LogP contribution in [0.15, 0.2) is 54.6 Å². The molecule has 5 nitrogen and oxygen atoms in total. The summed E-state index contributed by atoms with van der Waals surface area (Å²) < 4.78 is 28.1. The van der Waals surface area contributed by atoms with E-state index in [4.69, 9.17) is 23.7 Å². The predicted octanol–water partition coefficient (Wildman–Crippen LogP) is 4.20. The zero-order valence-electron chi connectivity index (χ0n) is 15.7. The third kappa shape index (κ3) is 7.59. The normalized spacial score (nSPS) is 16.8. The van der Waals surface area contributed by atoms with Crippen molar-refractivity contribution in [1.29, 1.82) is 0 Å². The topological polar surface area (TPSA) is 46.2 Å². The Hall–Kier alpha value is -2.08. The number of hydrogen-bond donors (Lipinski definition) is 0. The molecule has 1 unspecified atom stereocenters. The van der Waals surface area contributed by atoms with Crippen LogP contribution in [0.3, 0.4) is 0 Å². The van der Waals surface area contributed by atoms with Gasteiger partial charge in [-0.2, -0.15) is 0 Å². The van der Waals surface area contributed by atoms with Gasteiger partial charge >= 0.3 is 0 Å². The summed E-state index contributed by atoms with van der Waals surface area (Å²) in [7, 11) is 0. The summed E-state index contributed by atoms with van der Waals surface area (Å²) in [5.74, 6) is 1.63. The standard InChI is InChI=1S/C22H28O5/c1-2-6-19(7-3-1)18-27-21-11-9-20(10-12-21)24-16-14-23-15-17-26-22-8-4-5-13-25-22/h1-3,6-7,9-12,22H,4-5,8,13-18H2. The van der Waals surface area contributed by atoms with E-state index in [-0.39, 0.29) is 6.29 Å². The maximum Gasteiger partial charge on any atom is 0.157 e. The fraction of sp³-hybridized carbons (Fsp3) is 0.455. The summed E-state index contributed by atoms with van der Waals surface area (Å²) in [4.78, 5) is 0. The van der Waals surface area contributed by atoms with Gasteiger partial charge in [-0.3, -0.25) is 0 Å². The van der Waals surface area contributed by atoms with Crippen molar-refractivity contribution in [2.75, 3.05) is 33.0 Å². The Morgan fingerprint density at radius 3 is 2.26 bits per heavy atom. The molecule has 3 rings (SSSR count). The van der Waals surface area contributed by atoms with Crippen LogP contribution in [0.25, 0.3) is 0 Å². The molecule has 27 heavy (non-hydrogen) atoms. The fourth-order valence-corrected chi connectivity index (χ4v) is 2.77. The van der Waals surface area contributed by atoms with E-state index in [2.05, 4.69) is 0 Å². The molecule has 0 saturated carbocycles. The van der Waals surface area contributed by atoms with Gasteiger partial charge in [0.15, 0.2) is 6.29 Å². The Kier molecular flexibility index (Phi) is 8.45. The average Bonchev–Trinajstić information content (AvgIpc) is 2.74. The third-order valence-electron chi connectivity index (χ3n) is 4.24. The van der Waals surface area contributed by atoms with E-state index in [1.807, 2.05) is 54.6 Å². The van der Waals surface area contributed by atoms with Gasteiger partial charge in [0.2, 0.25) is 0 Å². The quantitative estimate of drug-likeness (QED) is 0.553. The van der Waals surface area contributed by atoms with Crippen molar-refractivity contribution >= 4 is 0 Å². The lowest BCUT2D eigenvalue weighted by Gasteiger charge is -2.22. The lowest BCUT2D eigenvalue weighted by Crippen LogP contribution is -2.24. The molecule has 1 aliphatic rings. The Bertz CT molecular complexity index is 623. The lowest BCUT2D eigenvalue weighted by molar-refractivity contribution is -0.169. The van der Waals surface area contributed by atoms with E-state index < -0.39 is 0 Å². The molecule has 2 aromatic carbocycles. The summed E-state index contributed by atoms with van der Waals surface area (Å²) in [5.41, 5.74) is 1.15. The molecule has 146 valence electrons. The van der Waals surface area contributed by atoms with Crippen molar-refractivity contribution in [1.82, 2.24) is 0 Å². The van der Waals surface area contributed by atoms with Gasteiger partial charge in [0, 0.05) is 6.61 Å². The van der Waals surface area contributed by atoms with Crippen LogP contribution in [0.2, 0.25) is 0 Å². The first-order valence-electron chi connectivity index (χ1n) is 9.61. The smallest absolute Gasteiger partial charge is 0.157 e. The van der Waals surface area contributed by atoms with Crippen LogP contribution < -0.4 is 9.47 Å². The maximum atomic E-state index is 5.76. The van der Waals surface area contributed by atoms with E-state index >= 15 is 0 Å². The first-order valence-corrected chi connectivity index (χ1v) is 9.61. The molecule has 0 aliphatic carbocycles. The van der Waals surface area contributed by atoms with E-state index in [1.54, 1.807) is 0 Å². The Morgan fingerprint density at radius 1 is 0.778 bits per heavy atom. The second kappa shape index (κ2) is 11.6. The molecule has 1 atom stereocenters. The van der Waals surface area contributed by atoms with Crippen LogP contribution in [0.5, 0.6) is 11.5 Å². The van der Waals surface area contributed by atoms with Gasteiger partial charge in [-0.15, -0.1) is 0 Å². The molecular formula is C22H28O5. The molecule has 0 aromatic heterocycles. The van der Waals surface area contributed by atoms with Gasteiger partial charge in [-0.05, 0) is 49.1 Å². The highest BCUT2D eigenvalue weighted by atomic mass is 16.7. The van der Waals surface area contributed by atoms with Crippen molar-refractivity contribution in [3.05, 3.63) is 60.2 Å². The molecule has 0 N–H and O–H groups in total. The fourth-order valence-electron chi connectivity index (χ4n) is 2.77. The minimum atomic E-state index is -0.0544. The summed E-state index contributed by atoms with van der Waals surface area (Å²) in [5, 5.41) is 0. The summed E-state index contributed by atoms with van der Waals surface area (Å²) in [6.45, 7) is 3.50. The van der Waals surface area contributed by atoms with Gasteiger partial charge in [-0.25, -0.2) is 0 Å². The molecule has 0 spiro atoms. The zero-order chi connectivity index (χ0) is 18.6. The van der Waals surface area contributed by atoms with Gasteiger partial charge in [0.1, 0.15) is 24.7 Å². The van der Waals surface area contributed by atoms with Crippen molar-refractivity contribution in [2.45, 2.75) is 32.2 Å². The third-order valence-corrected chi connectivity index (χ3v) is 4.24. The molecule has 5 heteroatoms.